The van der Waals surface area contributed by atoms with Crippen molar-refractivity contribution in [1.82, 2.24) is 10.1 Å². The van der Waals surface area contributed by atoms with Crippen molar-refractivity contribution < 1.29 is 4.52 Å². The van der Waals surface area contributed by atoms with Crippen LogP contribution in [0.3, 0.4) is 0 Å². The minimum absolute atomic E-state index is 0.00583. The monoisotopic (exact) mass is 192 g/mol. The van der Waals surface area contributed by atoms with Gasteiger partial charge in [0, 0.05) is 11.8 Å². The van der Waals surface area contributed by atoms with Crippen LogP contribution in [0.2, 0.25) is 0 Å². The standard InChI is InChI=1S/C10H12N2O2/c1-3-6-5-8(13)9-7(4-2)12-14-10(9)11-6/h5H,3-4H2,1-2H3,(H,11,13). The molecule has 0 aliphatic rings. The maximum atomic E-state index is 11.7. The molecule has 0 atom stereocenters. The Labute approximate surface area is 80.9 Å². The average Bonchev–Trinajstić information content (AvgIpc) is 2.61. The topological polar surface area (TPSA) is 58.9 Å². The lowest BCUT2D eigenvalue weighted by Gasteiger charge is -1.95. The number of H-pyrrole nitrogens is 1. The lowest BCUT2D eigenvalue weighted by Crippen LogP contribution is -2.04. The molecular formula is C10H12N2O2. The Hall–Kier alpha value is -1.58. The first-order valence-corrected chi connectivity index (χ1v) is 4.76. The van der Waals surface area contributed by atoms with E-state index in [0.29, 0.717) is 17.5 Å². The van der Waals surface area contributed by atoms with Crippen molar-refractivity contribution in [2.75, 3.05) is 0 Å². The van der Waals surface area contributed by atoms with Crippen LogP contribution >= 0.6 is 0 Å². The quantitative estimate of drug-likeness (QED) is 0.786. The molecule has 0 bridgehead atoms. The maximum absolute atomic E-state index is 11.7. The zero-order chi connectivity index (χ0) is 10.1. The molecule has 1 N–H and O–H groups in total. The van der Waals surface area contributed by atoms with E-state index in [9.17, 15) is 4.79 Å². The fourth-order valence-corrected chi connectivity index (χ4v) is 1.51. The first kappa shape index (κ1) is 8.99. The number of fused-ring (bicyclic) bond motifs is 1. The van der Waals surface area contributed by atoms with E-state index in [4.69, 9.17) is 4.52 Å². The predicted molar refractivity (Wildman–Crippen MR) is 53.4 cm³/mol. The second-order valence-corrected chi connectivity index (χ2v) is 3.20. The van der Waals surface area contributed by atoms with Gasteiger partial charge in [-0.25, -0.2) is 0 Å². The van der Waals surface area contributed by atoms with Gasteiger partial charge in [0.1, 0.15) is 5.39 Å². The minimum Gasteiger partial charge on any atom is -0.337 e. The van der Waals surface area contributed by atoms with E-state index in [1.165, 1.54) is 0 Å². The van der Waals surface area contributed by atoms with Gasteiger partial charge in [-0.2, -0.15) is 0 Å². The number of hydrogen-bond acceptors (Lipinski definition) is 3. The molecule has 2 aromatic heterocycles. The Morgan fingerprint density at radius 1 is 1.43 bits per heavy atom. The van der Waals surface area contributed by atoms with Crippen LogP contribution in [-0.2, 0) is 12.8 Å². The molecule has 14 heavy (non-hydrogen) atoms. The van der Waals surface area contributed by atoms with E-state index in [-0.39, 0.29) is 5.43 Å². The SMILES string of the molecule is CCc1cc(=O)c2c(CC)noc2[nH]1. The molecule has 2 rings (SSSR count). The zero-order valence-electron chi connectivity index (χ0n) is 8.26. The summed E-state index contributed by atoms with van der Waals surface area (Å²) in [5.41, 5.74) is 2.09. The zero-order valence-corrected chi connectivity index (χ0v) is 8.26. The minimum atomic E-state index is -0.00583. The molecule has 0 saturated heterocycles. The van der Waals surface area contributed by atoms with Crippen molar-refractivity contribution in [2.45, 2.75) is 26.7 Å². The predicted octanol–water partition coefficient (Wildman–Crippen LogP) is 1.64. The van der Waals surface area contributed by atoms with Crippen LogP contribution in [0.15, 0.2) is 15.4 Å². The van der Waals surface area contributed by atoms with Crippen molar-refractivity contribution in [3.05, 3.63) is 27.7 Å². The van der Waals surface area contributed by atoms with Crippen LogP contribution in [0, 0.1) is 0 Å². The van der Waals surface area contributed by atoms with Gasteiger partial charge in [0.05, 0.1) is 5.69 Å². The molecule has 0 saturated carbocycles. The Kier molecular flexibility index (Phi) is 2.11. The molecule has 74 valence electrons. The van der Waals surface area contributed by atoms with Gasteiger partial charge in [0.15, 0.2) is 5.43 Å². The molecule has 0 unspecified atom stereocenters. The molecule has 2 heterocycles. The number of hydrogen-bond donors (Lipinski definition) is 1. The van der Waals surface area contributed by atoms with Crippen molar-refractivity contribution >= 4 is 11.1 Å². The van der Waals surface area contributed by atoms with Gasteiger partial charge >= 0.3 is 0 Å². The lowest BCUT2D eigenvalue weighted by molar-refractivity contribution is 0.439. The summed E-state index contributed by atoms with van der Waals surface area (Å²) in [6.45, 7) is 3.93. The van der Waals surface area contributed by atoms with Crippen molar-refractivity contribution in [2.24, 2.45) is 0 Å². The molecule has 2 aromatic rings. The van der Waals surface area contributed by atoms with Gasteiger partial charge in [-0.15, -0.1) is 0 Å². The molecule has 0 aliphatic heterocycles. The summed E-state index contributed by atoms with van der Waals surface area (Å²) in [6, 6.07) is 1.61. The molecule has 0 radical (unpaired) electrons. The highest BCUT2D eigenvalue weighted by Gasteiger charge is 2.10. The second kappa shape index (κ2) is 3.29. The molecule has 0 aliphatic carbocycles. The van der Waals surface area contributed by atoms with Crippen LogP contribution in [0.4, 0.5) is 0 Å². The van der Waals surface area contributed by atoms with Gasteiger partial charge in [0.25, 0.3) is 0 Å². The number of pyridine rings is 1. The summed E-state index contributed by atoms with van der Waals surface area (Å²) >= 11 is 0. The molecule has 0 aromatic carbocycles. The normalized spacial score (nSPS) is 11.0. The summed E-state index contributed by atoms with van der Waals surface area (Å²) in [5, 5.41) is 4.43. The Morgan fingerprint density at radius 2 is 2.21 bits per heavy atom. The highest BCUT2D eigenvalue weighted by molar-refractivity contribution is 5.75. The molecule has 4 nitrogen and oxygen atoms in total. The third-order valence-corrected chi connectivity index (χ3v) is 2.30. The van der Waals surface area contributed by atoms with Gasteiger partial charge < -0.3 is 9.51 Å². The van der Waals surface area contributed by atoms with Gasteiger partial charge in [-0.3, -0.25) is 4.79 Å². The van der Waals surface area contributed by atoms with Crippen molar-refractivity contribution in [1.29, 1.82) is 0 Å². The van der Waals surface area contributed by atoms with Crippen LogP contribution in [0.1, 0.15) is 25.2 Å². The third kappa shape index (κ3) is 1.23. The lowest BCUT2D eigenvalue weighted by atomic mass is 10.2. The van der Waals surface area contributed by atoms with Gasteiger partial charge in [-0.1, -0.05) is 19.0 Å². The van der Waals surface area contributed by atoms with Crippen LogP contribution in [0.25, 0.3) is 11.1 Å². The number of aryl methyl sites for hydroxylation is 2. The fourth-order valence-electron chi connectivity index (χ4n) is 1.51. The molecule has 0 spiro atoms. The van der Waals surface area contributed by atoms with Crippen LogP contribution < -0.4 is 5.43 Å². The smallest absolute Gasteiger partial charge is 0.240 e. The highest BCUT2D eigenvalue weighted by atomic mass is 16.5. The maximum Gasteiger partial charge on any atom is 0.240 e. The van der Waals surface area contributed by atoms with Crippen molar-refractivity contribution in [3.63, 3.8) is 0 Å². The van der Waals surface area contributed by atoms with E-state index >= 15 is 0 Å². The Bertz CT molecular complexity index is 510. The molecular weight excluding hydrogens is 180 g/mol. The third-order valence-electron chi connectivity index (χ3n) is 2.30. The van der Waals surface area contributed by atoms with Gasteiger partial charge in [0.2, 0.25) is 5.71 Å². The van der Waals surface area contributed by atoms with Gasteiger partial charge in [-0.05, 0) is 12.8 Å². The summed E-state index contributed by atoms with van der Waals surface area (Å²) in [6.07, 6.45) is 1.49. The first-order valence-electron chi connectivity index (χ1n) is 4.76. The van der Waals surface area contributed by atoms with E-state index in [1.54, 1.807) is 6.07 Å². The fraction of sp³-hybridized carbons (Fsp3) is 0.400. The second-order valence-electron chi connectivity index (χ2n) is 3.20. The highest BCUT2D eigenvalue weighted by Crippen LogP contribution is 2.13. The molecule has 0 fully saturated rings. The number of nitrogens with zero attached hydrogens (tertiary/aromatic N) is 1. The van der Waals surface area contributed by atoms with E-state index in [2.05, 4.69) is 10.1 Å². The number of aromatic amines is 1. The summed E-state index contributed by atoms with van der Waals surface area (Å²) in [5.74, 6) is 0. The van der Waals surface area contributed by atoms with Crippen LogP contribution in [0.5, 0.6) is 0 Å². The number of nitrogens with one attached hydrogen (secondary N) is 1. The molecule has 4 heteroatoms. The molecule has 0 amide bonds. The van der Waals surface area contributed by atoms with E-state index < -0.39 is 0 Å². The summed E-state index contributed by atoms with van der Waals surface area (Å²) in [7, 11) is 0. The van der Waals surface area contributed by atoms with E-state index in [0.717, 1.165) is 17.8 Å². The summed E-state index contributed by atoms with van der Waals surface area (Å²) in [4.78, 5) is 14.7. The number of aromatic nitrogens is 2. The Balaban J connectivity index is 2.79. The largest absolute Gasteiger partial charge is 0.337 e. The number of rotatable bonds is 2. The average molecular weight is 192 g/mol. The van der Waals surface area contributed by atoms with E-state index in [1.807, 2.05) is 13.8 Å². The first-order chi connectivity index (χ1) is 6.76. The summed E-state index contributed by atoms with van der Waals surface area (Å²) < 4.78 is 5.06. The van der Waals surface area contributed by atoms with Crippen molar-refractivity contribution in [3.8, 4) is 0 Å². The van der Waals surface area contributed by atoms with Crippen LogP contribution in [-0.4, -0.2) is 10.1 Å². The Morgan fingerprint density at radius 3 is 2.86 bits per heavy atom.